The van der Waals surface area contributed by atoms with E-state index in [1.165, 1.54) is 23.5 Å². The summed E-state index contributed by atoms with van der Waals surface area (Å²) >= 11 is 1.47. The van der Waals surface area contributed by atoms with Gasteiger partial charge in [0, 0.05) is 28.4 Å². The van der Waals surface area contributed by atoms with E-state index in [1.54, 1.807) is 48.5 Å². The van der Waals surface area contributed by atoms with E-state index < -0.39 is 18.5 Å². The second-order valence-electron chi connectivity index (χ2n) is 6.77. The summed E-state index contributed by atoms with van der Waals surface area (Å²) in [7, 11) is 0. The number of thiazole rings is 1. The minimum atomic E-state index is -0.642. The SMILES string of the molecule is CCOc1ccc(NC(=O)c2ccc(NC(=O)COC(=O)/C=C/c3csc(C)n3)cc2)cc1. The van der Waals surface area contributed by atoms with E-state index in [0.717, 1.165) is 10.8 Å². The summed E-state index contributed by atoms with van der Waals surface area (Å²) in [6, 6.07) is 13.4. The van der Waals surface area contributed by atoms with Gasteiger partial charge < -0.3 is 20.1 Å². The molecule has 0 radical (unpaired) electrons. The first-order valence-electron chi connectivity index (χ1n) is 10.1. The topological polar surface area (TPSA) is 107 Å². The highest BCUT2D eigenvalue weighted by Crippen LogP contribution is 2.17. The number of amides is 2. The number of carbonyl (C=O) groups is 3. The molecule has 0 spiro atoms. The molecule has 2 N–H and O–H groups in total. The van der Waals surface area contributed by atoms with Crippen molar-refractivity contribution in [1.82, 2.24) is 4.98 Å². The van der Waals surface area contributed by atoms with Crippen molar-refractivity contribution in [1.29, 1.82) is 0 Å². The number of carbonyl (C=O) groups excluding carboxylic acids is 3. The Bertz CT molecular complexity index is 1140. The largest absolute Gasteiger partial charge is 0.494 e. The lowest BCUT2D eigenvalue weighted by molar-refractivity contribution is -0.142. The Labute approximate surface area is 195 Å². The van der Waals surface area contributed by atoms with Crippen LogP contribution < -0.4 is 15.4 Å². The van der Waals surface area contributed by atoms with Crippen LogP contribution in [0.2, 0.25) is 0 Å². The highest BCUT2D eigenvalue weighted by molar-refractivity contribution is 7.09. The van der Waals surface area contributed by atoms with Crippen LogP contribution in [0.3, 0.4) is 0 Å². The maximum absolute atomic E-state index is 12.4. The Kier molecular flexibility index (Phi) is 8.31. The lowest BCUT2D eigenvalue weighted by Crippen LogP contribution is -2.20. The van der Waals surface area contributed by atoms with Crippen molar-refractivity contribution in [3.63, 3.8) is 0 Å². The monoisotopic (exact) mass is 465 g/mol. The maximum atomic E-state index is 12.4. The maximum Gasteiger partial charge on any atom is 0.331 e. The van der Waals surface area contributed by atoms with E-state index >= 15 is 0 Å². The van der Waals surface area contributed by atoms with Crippen LogP contribution in [0.1, 0.15) is 28.0 Å². The van der Waals surface area contributed by atoms with Gasteiger partial charge in [-0.15, -0.1) is 11.3 Å². The Morgan fingerprint density at radius 1 is 1.00 bits per heavy atom. The lowest BCUT2D eigenvalue weighted by Gasteiger charge is -2.09. The quantitative estimate of drug-likeness (QED) is 0.361. The van der Waals surface area contributed by atoms with Crippen LogP contribution in [0.25, 0.3) is 6.08 Å². The molecule has 8 nitrogen and oxygen atoms in total. The van der Waals surface area contributed by atoms with Crippen molar-refractivity contribution in [3.8, 4) is 5.75 Å². The third-order valence-corrected chi connectivity index (χ3v) is 5.02. The van der Waals surface area contributed by atoms with E-state index in [2.05, 4.69) is 15.6 Å². The molecule has 3 aromatic rings. The lowest BCUT2D eigenvalue weighted by atomic mass is 10.2. The first-order valence-corrected chi connectivity index (χ1v) is 11.0. The van der Waals surface area contributed by atoms with Gasteiger partial charge in [0.05, 0.1) is 17.3 Å². The summed E-state index contributed by atoms with van der Waals surface area (Å²) in [5.41, 5.74) is 2.20. The molecule has 2 aromatic carbocycles. The molecule has 3 rings (SSSR count). The van der Waals surface area contributed by atoms with Crippen LogP contribution in [0, 0.1) is 6.92 Å². The second-order valence-corrected chi connectivity index (χ2v) is 7.83. The Hall–Kier alpha value is -3.98. The molecule has 0 bridgehead atoms. The van der Waals surface area contributed by atoms with E-state index in [0.29, 0.717) is 29.2 Å². The number of nitrogens with one attached hydrogen (secondary N) is 2. The highest BCUT2D eigenvalue weighted by atomic mass is 32.1. The first kappa shape index (κ1) is 23.7. The van der Waals surface area contributed by atoms with Crippen molar-refractivity contribution in [2.24, 2.45) is 0 Å². The summed E-state index contributed by atoms with van der Waals surface area (Å²) in [5.74, 6) is -0.690. The normalized spacial score (nSPS) is 10.6. The molecular weight excluding hydrogens is 442 g/mol. The van der Waals surface area contributed by atoms with Gasteiger partial charge in [-0.1, -0.05) is 0 Å². The zero-order valence-corrected chi connectivity index (χ0v) is 19.0. The van der Waals surface area contributed by atoms with Crippen molar-refractivity contribution >= 4 is 46.6 Å². The van der Waals surface area contributed by atoms with E-state index in [9.17, 15) is 14.4 Å². The zero-order chi connectivity index (χ0) is 23.6. The van der Waals surface area contributed by atoms with Crippen molar-refractivity contribution in [2.45, 2.75) is 13.8 Å². The fraction of sp³-hybridized carbons (Fsp3) is 0.167. The van der Waals surface area contributed by atoms with Crippen molar-refractivity contribution in [2.75, 3.05) is 23.8 Å². The molecular formula is C24H23N3O5S. The van der Waals surface area contributed by atoms with Crippen LogP contribution in [-0.4, -0.2) is 36.0 Å². The summed E-state index contributed by atoms with van der Waals surface area (Å²) < 4.78 is 10.3. The van der Waals surface area contributed by atoms with Crippen LogP contribution >= 0.6 is 11.3 Å². The fourth-order valence-corrected chi connectivity index (χ4v) is 3.28. The number of rotatable bonds is 9. The minimum absolute atomic E-state index is 0.284. The molecule has 1 aromatic heterocycles. The third kappa shape index (κ3) is 7.58. The molecule has 0 unspecified atom stereocenters. The number of hydrogen-bond acceptors (Lipinski definition) is 7. The Morgan fingerprint density at radius 3 is 2.30 bits per heavy atom. The summed E-state index contributed by atoms with van der Waals surface area (Å²) in [5, 5.41) is 8.11. The predicted molar refractivity (Wildman–Crippen MR) is 127 cm³/mol. The fourth-order valence-electron chi connectivity index (χ4n) is 2.70. The standard InChI is InChI=1S/C24H23N3O5S/c1-3-31-21-11-8-19(9-12-21)27-24(30)17-4-6-18(7-5-17)26-22(28)14-32-23(29)13-10-20-15-33-16(2)25-20/h4-13,15H,3,14H2,1-2H3,(H,26,28)(H,27,30)/b13-10+. The molecule has 9 heteroatoms. The number of ether oxygens (including phenoxy) is 2. The Morgan fingerprint density at radius 2 is 1.67 bits per heavy atom. The third-order valence-electron chi connectivity index (χ3n) is 4.23. The molecule has 170 valence electrons. The second kappa shape index (κ2) is 11.6. The van der Waals surface area contributed by atoms with Crippen molar-refractivity contribution < 1.29 is 23.9 Å². The van der Waals surface area contributed by atoms with Gasteiger partial charge in [-0.2, -0.15) is 0 Å². The number of benzene rings is 2. The van der Waals surface area contributed by atoms with Crippen LogP contribution in [-0.2, 0) is 14.3 Å². The molecule has 0 saturated heterocycles. The molecule has 0 atom stereocenters. The molecule has 2 amide bonds. The van der Waals surface area contributed by atoms with Crippen molar-refractivity contribution in [3.05, 3.63) is 76.3 Å². The van der Waals surface area contributed by atoms with Crippen LogP contribution in [0.5, 0.6) is 5.75 Å². The summed E-state index contributed by atoms with van der Waals surface area (Å²) in [4.78, 5) is 40.4. The van der Waals surface area contributed by atoms with Gasteiger partial charge in [-0.05, 0) is 68.5 Å². The average molecular weight is 466 g/mol. The number of hydrogen-bond donors (Lipinski definition) is 2. The highest BCUT2D eigenvalue weighted by Gasteiger charge is 2.09. The Balaban J connectivity index is 1.45. The molecule has 1 heterocycles. The zero-order valence-electron chi connectivity index (χ0n) is 18.2. The van der Waals surface area contributed by atoms with Gasteiger partial charge in [-0.25, -0.2) is 9.78 Å². The molecule has 33 heavy (non-hydrogen) atoms. The molecule has 0 aliphatic carbocycles. The van der Waals surface area contributed by atoms with Crippen LogP contribution in [0.4, 0.5) is 11.4 Å². The first-order chi connectivity index (χ1) is 15.9. The number of esters is 1. The van der Waals surface area contributed by atoms with Gasteiger partial charge in [0.2, 0.25) is 0 Å². The minimum Gasteiger partial charge on any atom is -0.494 e. The average Bonchev–Trinajstić information content (AvgIpc) is 3.23. The van der Waals surface area contributed by atoms with Gasteiger partial charge in [0.25, 0.3) is 11.8 Å². The van der Waals surface area contributed by atoms with Gasteiger partial charge >= 0.3 is 5.97 Å². The molecule has 0 aliphatic rings. The number of aromatic nitrogens is 1. The van der Waals surface area contributed by atoms with Gasteiger partial charge in [-0.3, -0.25) is 9.59 Å². The number of nitrogens with zero attached hydrogens (tertiary/aromatic N) is 1. The van der Waals surface area contributed by atoms with E-state index in [-0.39, 0.29) is 5.91 Å². The van der Waals surface area contributed by atoms with Gasteiger partial charge in [0.1, 0.15) is 5.75 Å². The molecule has 0 saturated carbocycles. The summed E-state index contributed by atoms with van der Waals surface area (Å²) in [6.07, 6.45) is 2.75. The number of aryl methyl sites for hydroxylation is 1. The number of anilines is 2. The van der Waals surface area contributed by atoms with Crippen LogP contribution in [0.15, 0.2) is 60.0 Å². The molecule has 0 aliphatic heterocycles. The predicted octanol–water partition coefficient (Wildman–Crippen LogP) is 4.30. The smallest absolute Gasteiger partial charge is 0.331 e. The summed E-state index contributed by atoms with van der Waals surface area (Å²) in [6.45, 7) is 3.91. The van der Waals surface area contributed by atoms with E-state index in [1.807, 2.05) is 19.2 Å². The molecule has 0 fully saturated rings. The van der Waals surface area contributed by atoms with Gasteiger partial charge in [0.15, 0.2) is 6.61 Å². The van der Waals surface area contributed by atoms with E-state index in [4.69, 9.17) is 9.47 Å².